The molecule has 0 radical (unpaired) electrons. The van der Waals surface area contributed by atoms with Crippen LogP contribution in [0.4, 0.5) is 0 Å². The van der Waals surface area contributed by atoms with Crippen molar-refractivity contribution < 1.29 is 0 Å². The Hall–Kier alpha value is -3.38. The highest BCUT2D eigenvalue weighted by Crippen LogP contribution is 2.28. The summed E-state index contributed by atoms with van der Waals surface area (Å²) >= 11 is 0. The second-order valence-corrected chi connectivity index (χ2v) is 9.77. The maximum Gasteiger partial charge on any atom is 0.141 e. The summed E-state index contributed by atoms with van der Waals surface area (Å²) in [5.41, 5.74) is 7.92. The monoisotopic (exact) mass is 478 g/mol. The number of rotatable bonds is 9. The number of imidazole rings is 1. The summed E-state index contributed by atoms with van der Waals surface area (Å²) in [7, 11) is 0. The van der Waals surface area contributed by atoms with Crippen molar-refractivity contribution in [2.45, 2.75) is 65.3 Å². The molecule has 2 aliphatic rings. The van der Waals surface area contributed by atoms with Crippen LogP contribution in [0.1, 0.15) is 68.8 Å². The van der Waals surface area contributed by atoms with Crippen LogP contribution in [0.3, 0.4) is 0 Å². The van der Waals surface area contributed by atoms with Crippen molar-refractivity contribution >= 4 is 17.4 Å². The van der Waals surface area contributed by atoms with Gasteiger partial charge < -0.3 is 9.47 Å². The highest BCUT2D eigenvalue weighted by molar-refractivity contribution is 5.70. The number of aromatic nitrogens is 2. The van der Waals surface area contributed by atoms with E-state index < -0.39 is 0 Å². The third kappa shape index (κ3) is 6.24. The highest BCUT2D eigenvalue weighted by Gasteiger charge is 2.20. The van der Waals surface area contributed by atoms with Gasteiger partial charge in [0, 0.05) is 12.1 Å². The molecule has 0 bridgehead atoms. The third-order valence-electron chi connectivity index (χ3n) is 7.08. The van der Waals surface area contributed by atoms with E-state index >= 15 is 0 Å². The zero-order chi connectivity index (χ0) is 25.3. The lowest BCUT2D eigenvalue weighted by molar-refractivity contribution is 0.207. The molecular formula is C32H38N4. The van der Waals surface area contributed by atoms with Gasteiger partial charge in [-0.2, -0.15) is 5.26 Å². The van der Waals surface area contributed by atoms with E-state index in [0.29, 0.717) is 11.5 Å². The maximum absolute atomic E-state index is 9.56. The quantitative estimate of drug-likeness (QED) is 0.453. The van der Waals surface area contributed by atoms with Crippen LogP contribution in [-0.2, 0) is 6.54 Å². The number of likely N-dealkylation sites (tertiary alicyclic amines) is 1. The average Bonchev–Trinajstić information content (AvgIpc) is 3.09. The second kappa shape index (κ2) is 12.5. The molecule has 4 heteroatoms. The van der Waals surface area contributed by atoms with Gasteiger partial charge in [-0.05, 0) is 88.4 Å². The van der Waals surface area contributed by atoms with E-state index in [9.17, 15) is 5.26 Å². The number of piperidine rings is 1. The van der Waals surface area contributed by atoms with Gasteiger partial charge in [-0.3, -0.25) is 0 Å². The Labute approximate surface area is 216 Å². The first-order valence-electron chi connectivity index (χ1n) is 13.4. The van der Waals surface area contributed by atoms with E-state index in [2.05, 4.69) is 84.5 Å². The Morgan fingerprint density at radius 3 is 2.75 bits per heavy atom. The SMILES string of the molecule is CC/C=C\C(=C/CC)c1nc2c(n1CCCN1CCC(c3cccc(C)c3)CC1)=CC(C#N)=CC=C=2. The van der Waals surface area contributed by atoms with Crippen LogP contribution in [0.25, 0.3) is 17.4 Å². The highest BCUT2D eigenvalue weighted by atomic mass is 15.1. The van der Waals surface area contributed by atoms with Crippen LogP contribution >= 0.6 is 0 Å². The first-order chi connectivity index (χ1) is 17.6. The number of hydrogen-bond donors (Lipinski definition) is 0. The number of nitriles is 1. The van der Waals surface area contributed by atoms with Gasteiger partial charge in [-0.1, -0.05) is 67.6 Å². The lowest BCUT2D eigenvalue weighted by Gasteiger charge is -2.32. The Morgan fingerprint density at radius 1 is 1.19 bits per heavy atom. The first-order valence-corrected chi connectivity index (χ1v) is 13.4. The standard InChI is InChI=1S/C32H38N4/c1-4-6-13-28(10-5-2)32-34-30-15-8-12-26(24-33)23-31(30)36(32)19-9-18-35-20-16-27(17-21-35)29-14-7-11-25(3)22-29/h6-8,10-14,22-23,27H,4-5,9,16-21H2,1-3H3/b13-6-,28-10+. The molecule has 1 fully saturated rings. The summed E-state index contributed by atoms with van der Waals surface area (Å²) in [6.45, 7) is 10.7. The normalized spacial score (nSPS) is 16.7. The van der Waals surface area contributed by atoms with Crippen LogP contribution in [0.5, 0.6) is 0 Å². The van der Waals surface area contributed by atoms with E-state index in [0.717, 1.165) is 67.5 Å². The Kier molecular flexibility index (Phi) is 8.95. The van der Waals surface area contributed by atoms with Gasteiger partial charge in [-0.25, -0.2) is 4.98 Å². The van der Waals surface area contributed by atoms with Crippen molar-refractivity contribution in [3.8, 4) is 6.07 Å². The molecule has 1 aromatic heterocycles. The maximum atomic E-state index is 9.56. The van der Waals surface area contributed by atoms with Crippen LogP contribution < -0.4 is 10.7 Å². The summed E-state index contributed by atoms with van der Waals surface area (Å²) < 4.78 is 2.30. The van der Waals surface area contributed by atoms with E-state index in [1.165, 1.54) is 24.0 Å². The molecule has 2 heterocycles. The van der Waals surface area contributed by atoms with Crippen molar-refractivity contribution in [1.82, 2.24) is 14.5 Å². The van der Waals surface area contributed by atoms with Gasteiger partial charge in [0.2, 0.25) is 0 Å². The van der Waals surface area contributed by atoms with Crippen LogP contribution in [0, 0.1) is 18.3 Å². The van der Waals surface area contributed by atoms with Crippen LogP contribution in [0.15, 0.2) is 60.2 Å². The summed E-state index contributed by atoms with van der Waals surface area (Å²) in [6.07, 6.45) is 17.6. The fourth-order valence-corrected chi connectivity index (χ4v) is 5.21. The largest absolute Gasteiger partial charge is 0.323 e. The number of nitrogens with zero attached hydrogens (tertiary/aromatic N) is 4. The number of benzene rings is 1. The molecule has 1 aliphatic carbocycles. The van der Waals surface area contributed by atoms with Crippen molar-refractivity contribution in [1.29, 1.82) is 5.26 Å². The fraction of sp³-hybridized carbons (Fsp3) is 0.406. The van der Waals surface area contributed by atoms with E-state index in [4.69, 9.17) is 4.98 Å². The minimum atomic E-state index is 0.636. The molecule has 1 saturated heterocycles. The van der Waals surface area contributed by atoms with Crippen LogP contribution in [0.2, 0.25) is 0 Å². The summed E-state index contributed by atoms with van der Waals surface area (Å²) in [6, 6.07) is 11.3. The molecule has 1 aromatic carbocycles. The van der Waals surface area contributed by atoms with Gasteiger partial charge in [0.05, 0.1) is 17.0 Å². The zero-order valence-electron chi connectivity index (χ0n) is 22.0. The smallest absolute Gasteiger partial charge is 0.141 e. The molecule has 4 rings (SSSR count). The lowest BCUT2D eigenvalue weighted by atomic mass is 9.88. The van der Waals surface area contributed by atoms with Crippen molar-refractivity contribution in [2.75, 3.05) is 19.6 Å². The first kappa shape index (κ1) is 25.7. The van der Waals surface area contributed by atoms with Gasteiger partial charge in [-0.15, -0.1) is 0 Å². The van der Waals surface area contributed by atoms with Crippen molar-refractivity contribution in [3.63, 3.8) is 0 Å². The van der Waals surface area contributed by atoms with Gasteiger partial charge in [0.15, 0.2) is 0 Å². The summed E-state index contributed by atoms with van der Waals surface area (Å²) in [5.74, 6) is 1.65. The third-order valence-corrected chi connectivity index (χ3v) is 7.08. The van der Waals surface area contributed by atoms with Gasteiger partial charge in [0.1, 0.15) is 11.2 Å². The fourth-order valence-electron chi connectivity index (χ4n) is 5.21. The average molecular weight is 479 g/mol. The number of allylic oxidation sites excluding steroid dienone is 7. The Bertz CT molecular complexity index is 1350. The molecule has 0 unspecified atom stereocenters. The topological polar surface area (TPSA) is 44.9 Å². The molecular weight excluding hydrogens is 440 g/mol. The van der Waals surface area contributed by atoms with Gasteiger partial charge >= 0.3 is 0 Å². The van der Waals surface area contributed by atoms with Crippen LogP contribution in [-0.4, -0.2) is 34.1 Å². The van der Waals surface area contributed by atoms with Gasteiger partial charge in [0.25, 0.3) is 0 Å². The molecule has 0 N–H and O–H groups in total. The minimum Gasteiger partial charge on any atom is -0.323 e. The van der Waals surface area contributed by atoms with Crippen molar-refractivity contribution in [3.05, 3.63) is 87.9 Å². The predicted octanol–water partition coefficient (Wildman–Crippen LogP) is 5.40. The zero-order valence-corrected chi connectivity index (χ0v) is 22.0. The van der Waals surface area contributed by atoms with E-state index in [1.54, 1.807) is 0 Å². The summed E-state index contributed by atoms with van der Waals surface area (Å²) in [4.78, 5) is 7.59. The van der Waals surface area contributed by atoms with E-state index in [1.807, 2.05) is 18.2 Å². The molecule has 0 amide bonds. The number of fused-ring (bicyclic) bond motifs is 1. The molecule has 36 heavy (non-hydrogen) atoms. The van der Waals surface area contributed by atoms with Crippen molar-refractivity contribution in [2.24, 2.45) is 0 Å². The number of hydrogen-bond acceptors (Lipinski definition) is 3. The molecule has 0 saturated carbocycles. The predicted molar refractivity (Wildman–Crippen MR) is 150 cm³/mol. The second-order valence-electron chi connectivity index (χ2n) is 9.77. The molecule has 186 valence electrons. The molecule has 0 spiro atoms. The lowest BCUT2D eigenvalue weighted by Crippen LogP contribution is -2.35. The minimum absolute atomic E-state index is 0.636. The molecule has 0 atom stereocenters. The molecule has 4 nitrogen and oxygen atoms in total. The molecule has 1 aliphatic heterocycles. The Morgan fingerprint density at radius 2 is 2.03 bits per heavy atom. The molecule has 2 aromatic rings. The number of aryl methyl sites for hydroxylation is 1. The Balaban J connectivity index is 1.50. The summed E-state index contributed by atoms with van der Waals surface area (Å²) in [5, 5.41) is 11.4. The van der Waals surface area contributed by atoms with E-state index in [-0.39, 0.29) is 0 Å².